The maximum Gasteiger partial charge on any atom is 0.338 e. The molecule has 11 heteroatoms. The summed E-state index contributed by atoms with van der Waals surface area (Å²) in [6.45, 7) is 3.93. The molecule has 42 heavy (non-hydrogen) atoms. The van der Waals surface area contributed by atoms with Crippen molar-refractivity contribution < 1.29 is 23.9 Å². The SMILES string of the molecule is CCOC(=O)C1=C(C)N=c2s/c(=C\c3ccc(OCc4ccc([N+](=O)[O-])cc4)cc3)c(=O)n2C1c1ccc(OC)cc1. The fraction of sp³-hybridized carbons (Fsp3) is 0.194. The van der Waals surface area contributed by atoms with Gasteiger partial charge in [-0.25, -0.2) is 9.79 Å². The van der Waals surface area contributed by atoms with Gasteiger partial charge in [0.15, 0.2) is 4.80 Å². The van der Waals surface area contributed by atoms with Crippen molar-refractivity contribution in [1.82, 2.24) is 4.57 Å². The Kier molecular flexibility index (Phi) is 8.30. The lowest BCUT2D eigenvalue weighted by atomic mass is 9.96. The molecule has 0 saturated heterocycles. The molecule has 4 aromatic rings. The highest BCUT2D eigenvalue weighted by Gasteiger charge is 2.33. The lowest BCUT2D eigenvalue weighted by Crippen LogP contribution is -2.39. The van der Waals surface area contributed by atoms with E-state index < -0.39 is 16.9 Å². The number of ether oxygens (including phenoxy) is 3. The van der Waals surface area contributed by atoms with Gasteiger partial charge in [0.05, 0.1) is 40.5 Å². The van der Waals surface area contributed by atoms with Crippen LogP contribution in [0.2, 0.25) is 0 Å². The predicted molar refractivity (Wildman–Crippen MR) is 157 cm³/mol. The van der Waals surface area contributed by atoms with Crippen LogP contribution in [0.1, 0.15) is 36.6 Å². The van der Waals surface area contributed by atoms with Crippen LogP contribution in [-0.4, -0.2) is 29.2 Å². The molecule has 0 amide bonds. The third kappa shape index (κ3) is 5.86. The monoisotopic (exact) mass is 585 g/mol. The summed E-state index contributed by atoms with van der Waals surface area (Å²) in [5, 5.41) is 10.8. The van der Waals surface area contributed by atoms with Gasteiger partial charge in [0, 0.05) is 12.1 Å². The van der Waals surface area contributed by atoms with Crippen molar-refractivity contribution >= 4 is 29.1 Å². The average Bonchev–Trinajstić information content (AvgIpc) is 3.30. The first-order chi connectivity index (χ1) is 20.3. The highest BCUT2D eigenvalue weighted by molar-refractivity contribution is 7.07. The van der Waals surface area contributed by atoms with Crippen LogP contribution < -0.4 is 24.4 Å². The van der Waals surface area contributed by atoms with E-state index in [4.69, 9.17) is 14.2 Å². The molecule has 10 nitrogen and oxygen atoms in total. The molecule has 214 valence electrons. The molecule has 3 aromatic carbocycles. The van der Waals surface area contributed by atoms with Gasteiger partial charge in [0.2, 0.25) is 0 Å². The van der Waals surface area contributed by atoms with Gasteiger partial charge >= 0.3 is 5.97 Å². The highest BCUT2D eigenvalue weighted by Crippen LogP contribution is 2.31. The second-order valence-corrected chi connectivity index (χ2v) is 10.4. The van der Waals surface area contributed by atoms with Crippen molar-refractivity contribution in [3.8, 4) is 11.5 Å². The molecule has 1 aromatic heterocycles. The van der Waals surface area contributed by atoms with Crippen molar-refractivity contribution in [3.05, 3.63) is 131 Å². The van der Waals surface area contributed by atoms with Crippen molar-refractivity contribution in [2.75, 3.05) is 13.7 Å². The highest BCUT2D eigenvalue weighted by atomic mass is 32.1. The number of fused-ring (bicyclic) bond motifs is 1. The second-order valence-electron chi connectivity index (χ2n) is 9.36. The van der Waals surface area contributed by atoms with Crippen LogP contribution in [0.15, 0.2) is 93.9 Å². The molecule has 0 spiro atoms. The molecule has 1 atom stereocenters. The van der Waals surface area contributed by atoms with Crippen LogP contribution in [0.25, 0.3) is 6.08 Å². The quantitative estimate of drug-likeness (QED) is 0.163. The molecule has 0 aliphatic carbocycles. The number of rotatable bonds is 9. The van der Waals surface area contributed by atoms with E-state index in [0.29, 0.717) is 32.1 Å². The first-order valence-electron chi connectivity index (χ1n) is 13.1. The van der Waals surface area contributed by atoms with E-state index in [1.165, 1.54) is 23.5 Å². The maximum atomic E-state index is 13.8. The average molecular weight is 586 g/mol. The van der Waals surface area contributed by atoms with Crippen LogP contribution in [0.3, 0.4) is 0 Å². The number of hydrogen-bond donors (Lipinski definition) is 0. The number of non-ortho nitro benzene ring substituents is 1. The van der Waals surface area contributed by atoms with E-state index in [0.717, 1.165) is 16.7 Å². The third-order valence-electron chi connectivity index (χ3n) is 6.68. The van der Waals surface area contributed by atoms with Gasteiger partial charge in [-0.15, -0.1) is 0 Å². The summed E-state index contributed by atoms with van der Waals surface area (Å²) in [6, 6.07) is 20.0. The molecule has 1 unspecified atom stereocenters. The minimum Gasteiger partial charge on any atom is -0.497 e. The van der Waals surface area contributed by atoms with E-state index in [-0.39, 0.29) is 24.5 Å². The van der Waals surface area contributed by atoms with Crippen molar-refractivity contribution in [1.29, 1.82) is 0 Å². The number of carbonyl (C=O) groups is 1. The predicted octanol–water partition coefficient (Wildman–Crippen LogP) is 4.29. The molecule has 0 radical (unpaired) electrons. The Morgan fingerprint density at radius 1 is 1.05 bits per heavy atom. The van der Waals surface area contributed by atoms with Crippen molar-refractivity contribution in [2.24, 2.45) is 4.99 Å². The number of benzene rings is 3. The number of aromatic nitrogens is 1. The first-order valence-corrected chi connectivity index (χ1v) is 13.9. The number of methoxy groups -OCH3 is 1. The molecule has 5 rings (SSSR count). The standard InChI is InChI=1S/C31H27N3O7S/c1-4-40-30(36)27-19(2)32-31-33(28(27)22-9-15-24(39-3)16-10-22)29(35)26(42-31)17-20-7-13-25(14-8-20)41-18-21-5-11-23(12-6-21)34(37)38/h5-17,28H,4,18H2,1-3H3/b26-17-. The van der Waals surface area contributed by atoms with Crippen LogP contribution >= 0.6 is 11.3 Å². The molecule has 0 N–H and O–H groups in total. The molecule has 0 saturated carbocycles. The number of nitrogens with zero attached hydrogens (tertiary/aromatic N) is 3. The lowest BCUT2D eigenvalue weighted by molar-refractivity contribution is -0.384. The summed E-state index contributed by atoms with van der Waals surface area (Å²) in [6.07, 6.45) is 1.78. The normalized spacial score (nSPS) is 14.6. The molecule has 2 heterocycles. The van der Waals surface area contributed by atoms with Crippen LogP contribution in [0, 0.1) is 10.1 Å². The molecular formula is C31H27N3O7S. The van der Waals surface area contributed by atoms with E-state index in [2.05, 4.69) is 4.99 Å². The number of allylic oxidation sites excluding steroid dienone is 1. The summed E-state index contributed by atoms with van der Waals surface area (Å²) >= 11 is 1.25. The Hall–Kier alpha value is -5.03. The summed E-state index contributed by atoms with van der Waals surface area (Å²) in [4.78, 5) is 42.3. The third-order valence-corrected chi connectivity index (χ3v) is 7.66. The second kappa shape index (κ2) is 12.2. The molecule has 0 bridgehead atoms. The van der Waals surface area contributed by atoms with E-state index >= 15 is 0 Å². The fourth-order valence-electron chi connectivity index (χ4n) is 4.59. The Balaban J connectivity index is 1.45. The summed E-state index contributed by atoms with van der Waals surface area (Å²) in [5.41, 5.74) is 2.88. The van der Waals surface area contributed by atoms with Gasteiger partial charge in [0.1, 0.15) is 18.1 Å². The number of esters is 1. The molecule has 1 aliphatic heterocycles. The summed E-state index contributed by atoms with van der Waals surface area (Å²) in [5.74, 6) is 0.754. The minimum absolute atomic E-state index is 0.0241. The molecular weight excluding hydrogens is 558 g/mol. The number of nitro groups is 1. The van der Waals surface area contributed by atoms with Gasteiger partial charge in [-0.05, 0) is 73.0 Å². The molecule has 1 aliphatic rings. The van der Waals surface area contributed by atoms with E-state index in [1.807, 2.05) is 24.3 Å². The number of nitro benzene ring substituents is 1. The van der Waals surface area contributed by atoms with E-state index in [1.54, 1.807) is 68.0 Å². The van der Waals surface area contributed by atoms with E-state index in [9.17, 15) is 19.7 Å². The minimum atomic E-state index is -0.705. The Morgan fingerprint density at radius 2 is 1.71 bits per heavy atom. The zero-order valence-electron chi connectivity index (χ0n) is 23.1. The van der Waals surface area contributed by atoms with Crippen LogP contribution in [-0.2, 0) is 16.1 Å². The number of hydrogen-bond acceptors (Lipinski definition) is 9. The zero-order chi connectivity index (χ0) is 29.8. The summed E-state index contributed by atoms with van der Waals surface area (Å²) < 4.78 is 18.4. The van der Waals surface area contributed by atoms with Crippen LogP contribution in [0.5, 0.6) is 11.5 Å². The van der Waals surface area contributed by atoms with Gasteiger partial charge in [0.25, 0.3) is 11.2 Å². The van der Waals surface area contributed by atoms with Gasteiger partial charge in [-0.3, -0.25) is 19.5 Å². The van der Waals surface area contributed by atoms with Gasteiger partial charge < -0.3 is 14.2 Å². The Labute approximate surface area is 244 Å². The zero-order valence-corrected chi connectivity index (χ0v) is 23.9. The topological polar surface area (TPSA) is 122 Å². The number of carbonyl (C=O) groups excluding carboxylic acids is 1. The lowest BCUT2D eigenvalue weighted by Gasteiger charge is -2.24. The largest absolute Gasteiger partial charge is 0.497 e. The van der Waals surface area contributed by atoms with Crippen molar-refractivity contribution in [3.63, 3.8) is 0 Å². The first kappa shape index (κ1) is 28.5. The summed E-state index contributed by atoms with van der Waals surface area (Å²) in [7, 11) is 1.57. The van der Waals surface area contributed by atoms with Gasteiger partial charge in [-0.1, -0.05) is 35.6 Å². The Bertz CT molecular complexity index is 1840. The van der Waals surface area contributed by atoms with Crippen molar-refractivity contribution in [2.45, 2.75) is 26.5 Å². The molecule has 0 fully saturated rings. The van der Waals surface area contributed by atoms with Crippen LogP contribution in [0.4, 0.5) is 5.69 Å². The Morgan fingerprint density at radius 3 is 2.33 bits per heavy atom. The fourth-order valence-corrected chi connectivity index (χ4v) is 5.63. The maximum absolute atomic E-state index is 13.8. The smallest absolute Gasteiger partial charge is 0.338 e. The van der Waals surface area contributed by atoms with Gasteiger partial charge in [-0.2, -0.15) is 0 Å². The number of thiazole rings is 1.